The van der Waals surface area contributed by atoms with Crippen LogP contribution in [0.25, 0.3) is 0 Å². The van der Waals surface area contributed by atoms with Crippen LogP contribution in [0.3, 0.4) is 0 Å². The van der Waals surface area contributed by atoms with Gasteiger partial charge in [0.15, 0.2) is 0 Å². The van der Waals surface area contributed by atoms with Crippen molar-refractivity contribution < 1.29 is 4.74 Å². The molecule has 2 heterocycles. The van der Waals surface area contributed by atoms with Crippen molar-refractivity contribution >= 4 is 15.9 Å². The summed E-state index contributed by atoms with van der Waals surface area (Å²) in [6, 6.07) is 9.43. The SMILES string of the molecule is CC(NCC1CN2CCCC2CO1)c1ccccc1Br. The van der Waals surface area contributed by atoms with Crippen LogP contribution < -0.4 is 5.32 Å². The van der Waals surface area contributed by atoms with Gasteiger partial charge in [0.2, 0.25) is 0 Å². The van der Waals surface area contributed by atoms with E-state index in [0.717, 1.165) is 19.7 Å². The van der Waals surface area contributed by atoms with E-state index in [0.29, 0.717) is 18.2 Å². The zero-order chi connectivity index (χ0) is 13.9. The molecule has 0 spiro atoms. The first kappa shape index (κ1) is 14.5. The minimum Gasteiger partial charge on any atom is -0.374 e. The predicted molar refractivity (Wildman–Crippen MR) is 84.9 cm³/mol. The Bertz CT molecular complexity index is 454. The Labute approximate surface area is 129 Å². The van der Waals surface area contributed by atoms with E-state index in [1.807, 2.05) is 0 Å². The van der Waals surface area contributed by atoms with Crippen LogP contribution >= 0.6 is 15.9 Å². The first-order valence-electron chi connectivity index (χ1n) is 7.57. The van der Waals surface area contributed by atoms with Crippen LogP contribution in [0.1, 0.15) is 31.4 Å². The summed E-state index contributed by atoms with van der Waals surface area (Å²) < 4.78 is 7.16. The third kappa shape index (κ3) is 3.25. The Balaban J connectivity index is 1.51. The molecule has 2 aliphatic heterocycles. The van der Waals surface area contributed by atoms with Gasteiger partial charge in [0.25, 0.3) is 0 Å². The summed E-state index contributed by atoms with van der Waals surface area (Å²) in [5, 5.41) is 3.61. The molecule has 3 nitrogen and oxygen atoms in total. The fraction of sp³-hybridized carbons (Fsp3) is 0.625. The third-order valence-corrected chi connectivity index (χ3v) is 5.21. The number of nitrogens with zero attached hydrogens (tertiary/aromatic N) is 1. The first-order chi connectivity index (χ1) is 9.74. The molecule has 3 rings (SSSR count). The second-order valence-corrected chi connectivity index (χ2v) is 6.75. The molecule has 1 aromatic rings. The molecule has 1 N–H and O–H groups in total. The average Bonchev–Trinajstić information content (AvgIpc) is 2.92. The Morgan fingerprint density at radius 3 is 3.15 bits per heavy atom. The molecular weight excluding hydrogens is 316 g/mol. The van der Waals surface area contributed by atoms with Gasteiger partial charge in [-0.05, 0) is 37.9 Å². The lowest BCUT2D eigenvalue weighted by atomic mass is 10.1. The summed E-state index contributed by atoms with van der Waals surface area (Å²) in [5.74, 6) is 0. The summed E-state index contributed by atoms with van der Waals surface area (Å²) >= 11 is 3.62. The van der Waals surface area contributed by atoms with E-state index >= 15 is 0 Å². The standard InChI is InChI=1S/C16H23BrN2O/c1-12(15-6-2-3-7-16(15)17)18-9-14-10-19-8-4-5-13(19)11-20-14/h2-3,6-7,12-14,18H,4-5,8-11H2,1H3. The molecular formula is C16H23BrN2O. The number of hydrogen-bond acceptors (Lipinski definition) is 3. The molecule has 110 valence electrons. The molecule has 2 saturated heterocycles. The number of nitrogens with one attached hydrogen (secondary N) is 1. The van der Waals surface area contributed by atoms with E-state index in [1.165, 1.54) is 29.4 Å². The minimum atomic E-state index is 0.328. The Morgan fingerprint density at radius 2 is 2.30 bits per heavy atom. The van der Waals surface area contributed by atoms with E-state index in [2.05, 4.69) is 57.3 Å². The van der Waals surface area contributed by atoms with Gasteiger partial charge in [-0.2, -0.15) is 0 Å². The van der Waals surface area contributed by atoms with Gasteiger partial charge in [0.1, 0.15) is 0 Å². The van der Waals surface area contributed by atoms with E-state index in [4.69, 9.17) is 4.74 Å². The zero-order valence-electron chi connectivity index (χ0n) is 12.0. The minimum absolute atomic E-state index is 0.328. The molecule has 2 aliphatic rings. The van der Waals surface area contributed by atoms with Gasteiger partial charge in [-0.15, -0.1) is 0 Å². The Kier molecular flexibility index (Phi) is 4.76. The smallest absolute Gasteiger partial charge is 0.0827 e. The lowest BCUT2D eigenvalue weighted by Gasteiger charge is -2.35. The lowest BCUT2D eigenvalue weighted by Crippen LogP contribution is -2.49. The van der Waals surface area contributed by atoms with E-state index in [1.54, 1.807) is 0 Å². The summed E-state index contributed by atoms with van der Waals surface area (Å²) in [7, 11) is 0. The number of hydrogen-bond donors (Lipinski definition) is 1. The van der Waals surface area contributed by atoms with Gasteiger partial charge >= 0.3 is 0 Å². The van der Waals surface area contributed by atoms with Crippen LogP contribution in [0.15, 0.2) is 28.7 Å². The summed E-state index contributed by atoms with van der Waals surface area (Å²) in [5.41, 5.74) is 1.31. The molecule has 0 aromatic heterocycles. The largest absolute Gasteiger partial charge is 0.374 e. The van der Waals surface area contributed by atoms with Gasteiger partial charge in [-0.25, -0.2) is 0 Å². The molecule has 0 amide bonds. The first-order valence-corrected chi connectivity index (χ1v) is 8.37. The van der Waals surface area contributed by atoms with Crippen molar-refractivity contribution in [2.75, 3.05) is 26.2 Å². The van der Waals surface area contributed by atoms with E-state index < -0.39 is 0 Å². The highest BCUT2D eigenvalue weighted by Crippen LogP contribution is 2.24. The Hall–Kier alpha value is -0.420. The molecule has 4 heteroatoms. The molecule has 3 atom stereocenters. The van der Waals surface area contributed by atoms with Gasteiger partial charge < -0.3 is 10.1 Å². The van der Waals surface area contributed by atoms with Crippen molar-refractivity contribution in [3.63, 3.8) is 0 Å². The molecule has 0 bridgehead atoms. The van der Waals surface area contributed by atoms with Crippen LogP contribution in [0.2, 0.25) is 0 Å². The second-order valence-electron chi connectivity index (χ2n) is 5.90. The highest BCUT2D eigenvalue weighted by atomic mass is 79.9. The van der Waals surface area contributed by atoms with Gasteiger partial charge in [-0.1, -0.05) is 34.1 Å². The average molecular weight is 339 g/mol. The number of halogens is 1. The van der Waals surface area contributed by atoms with Crippen molar-refractivity contribution in [2.24, 2.45) is 0 Å². The Morgan fingerprint density at radius 1 is 1.45 bits per heavy atom. The van der Waals surface area contributed by atoms with Crippen molar-refractivity contribution in [3.8, 4) is 0 Å². The predicted octanol–water partition coefficient (Wildman–Crippen LogP) is 2.96. The van der Waals surface area contributed by atoms with E-state index in [-0.39, 0.29) is 0 Å². The van der Waals surface area contributed by atoms with Crippen LogP contribution in [0.4, 0.5) is 0 Å². The number of fused-ring (bicyclic) bond motifs is 1. The lowest BCUT2D eigenvalue weighted by molar-refractivity contribution is -0.0477. The van der Waals surface area contributed by atoms with E-state index in [9.17, 15) is 0 Å². The molecule has 1 aromatic carbocycles. The van der Waals surface area contributed by atoms with Crippen LogP contribution in [-0.2, 0) is 4.74 Å². The van der Waals surface area contributed by atoms with Crippen LogP contribution in [0, 0.1) is 0 Å². The van der Waals surface area contributed by atoms with Crippen molar-refractivity contribution in [2.45, 2.75) is 38.0 Å². The molecule has 0 radical (unpaired) electrons. The van der Waals surface area contributed by atoms with Gasteiger partial charge in [0.05, 0.1) is 12.7 Å². The van der Waals surface area contributed by atoms with Crippen molar-refractivity contribution in [1.82, 2.24) is 10.2 Å². The molecule has 2 fully saturated rings. The maximum absolute atomic E-state index is 5.99. The number of rotatable bonds is 4. The number of ether oxygens (including phenoxy) is 1. The third-order valence-electron chi connectivity index (χ3n) is 4.48. The molecule has 0 aliphatic carbocycles. The van der Waals surface area contributed by atoms with Crippen molar-refractivity contribution in [3.05, 3.63) is 34.3 Å². The summed E-state index contributed by atoms with van der Waals surface area (Å²) in [6.45, 7) is 6.38. The highest BCUT2D eigenvalue weighted by molar-refractivity contribution is 9.10. The number of morpholine rings is 1. The second kappa shape index (κ2) is 6.56. The molecule has 20 heavy (non-hydrogen) atoms. The normalized spacial score (nSPS) is 28.3. The van der Waals surface area contributed by atoms with Crippen LogP contribution in [0.5, 0.6) is 0 Å². The van der Waals surface area contributed by atoms with Gasteiger partial charge in [0, 0.05) is 29.6 Å². The highest BCUT2D eigenvalue weighted by Gasteiger charge is 2.32. The molecule has 0 saturated carbocycles. The quantitative estimate of drug-likeness (QED) is 0.913. The summed E-state index contributed by atoms with van der Waals surface area (Å²) in [4.78, 5) is 2.60. The fourth-order valence-corrected chi connectivity index (χ4v) is 3.88. The summed E-state index contributed by atoms with van der Waals surface area (Å²) in [6.07, 6.45) is 2.98. The zero-order valence-corrected chi connectivity index (χ0v) is 13.6. The fourth-order valence-electron chi connectivity index (χ4n) is 3.25. The molecule has 3 unspecified atom stereocenters. The van der Waals surface area contributed by atoms with Crippen LogP contribution in [-0.4, -0.2) is 43.3 Å². The van der Waals surface area contributed by atoms with Crippen molar-refractivity contribution in [1.29, 1.82) is 0 Å². The maximum Gasteiger partial charge on any atom is 0.0827 e. The topological polar surface area (TPSA) is 24.5 Å². The number of benzene rings is 1. The monoisotopic (exact) mass is 338 g/mol. The van der Waals surface area contributed by atoms with Gasteiger partial charge in [-0.3, -0.25) is 4.90 Å². The maximum atomic E-state index is 5.99.